The van der Waals surface area contributed by atoms with Crippen LogP contribution in [0.3, 0.4) is 0 Å². The number of rotatable bonds is 4. The van der Waals surface area contributed by atoms with Crippen LogP contribution in [0.4, 0.5) is 5.69 Å². The van der Waals surface area contributed by atoms with Crippen LogP contribution < -0.4 is 5.73 Å². The minimum Gasteiger partial charge on any atom is -0.467 e. The summed E-state index contributed by atoms with van der Waals surface area (Å²) in [6.45, 7) is 0. The molecule has 0 saturated heterocycles. The fourth-order valence-electron chi connectivity index (χ4n) is 1.51. The molecule has 2 atom stereocenters. The van der Waals surface area contributed by atoms with E-state index in [2.05, 4.69) is 9.47 Å². The predicted octanol–water partition coefficient (Wildman–Crippen LogP) is -0.377. The topological polar surface area (TPSA) is 119 Å². The Morgan fingerprint density at radius 2 is 1.79 bits per heavy atom. The van der Waals surface area contributed by atoms with Gasteiger partial charge < -0.3 is 25.4 Å². The molecule has 0 aliphatic rings. The summed E-state index contributed by atoms with van der Waals surface area (Å²) in [6, 6.07) is 3.97. The minimum absolute atomic E-state index is 0.105. The van der Waals surface area contributed by atoms with Crippen molar-refractivity contribution in [2.75, 3.05) is 20.0 Å². The Bertz CT molecular complexity index is 487. The highest BCUT2D eigenvalue weighted by Gasteiger charge is 2.27. The van der Waals surface area contributed by atoms with Crippen LogP contribution in [0.25, 0.3) is 0 Å². The fraction of sp³-hybridized carbons (Fsp3) is 0.333. The number of methoxy groups -OCH3 is 2. The van der Waals surface area contributed by atoms with Gasteiger partial charge >= 0.3 is 11.9 Å². The van der Waals surface area contributed by atoms with Crippen molar-refractivity contribution in [3.63, 3.8) is 0 Å². The summed E-state index contributed by atoms with van der Waals surface area (Å²) in [5, 5.41) is 19.4. The summed E-state index contributed by atoms with van der Waals surface area (Å²) in [6.07, 6.45) is -3.32. The Labute approximate surface area is 109 Å². The summed E-state index contributed by atoms with van der Waals surface area (Å²) < 4.78 is 8.84. The van der Waals surface area contributed by atoms with E-state index in [0.717, 1.165) is 7.11 Å². The second-order valence-corrected chi connectivity index (χ2v) is 3.79. The molecule has 0 heterocycles. The summed E-state index contributed by atoms with van der Waals surface area (Å²) in [4.78, 5) is 22.5. The van der Waals surface area contributed by atoms with Crippen LogP contribution in [-0.2, 0) is 14.3 Å². The number of aliphatic hydroxyl groups excluding tert-OH is 2. The van der Waals surface area contributed by atoms with Gasteiger partial charge in [-0.15, -0.1) is 0 Å². The van der Waals surface area contributed by atoms with E-state index in [1.165, 1.54) is 25.3 Å². The molecule has 2 unspecified atom stereocenters. The quantitative estimate of drug-likeness (QED) is 0.503. The van der Waals surface area contributed by atoms with Gasteiger partial charge in [-0.3, -0.25) is 0 Å². The summed E-state index contributed by atoms with van der Waals surface area (Å²) >= 11 is 0. The van der Waals surface area contributed by atoms with E-state index in [-0.39, 0.29) is 16.8 Å². The van der Waals surface area contributed by atoms with Gasteiger partial charge in [-0.1, -0.05) is 0 Å². The molecule has 104 valence electrons. The SMILES string of the molecule is COC(=O)c1cc(N)cc(C(O)C(O)C(=O)OC)c1. The lowest BCUT2D eigenvalue weighted by molar-refractivity contribution is -0.156. The van der Waals surface area contributed by atoms with Crippen LogP contribution in [0.15, 0.2) is 18.2 Å². The normalized spacial score (nSPS) is 13.5. The second kappa shape index (κ2) is 6.17. The van der Waals surface area contributed by atoms with Crippen molar-refractivity contribution in [1.82, 2.24) is 0 Å². The van der Waals surface area contributed by atoms with Gasteiger partial charge in [0.05, 0.1) is 19.8 Å². The average Bonchev–Trinajstić information content (AvgIpc) is 2.43. The molecule has 0 fully saturated rings. The minimum atomic E-state index is -1.77. The summed E-state index contributed by atoms with van der Waals surface area (Å²) in [5.41, 5.74) is 5.99. The number of nitrogen functional groups attached to an aromatic ring is 1. The molecule has 0 aliphatic carbocycles. The van der Waals surface area contributed by atoms with E-state index in [4.69, 9.17) is 5.73 Å². The van der Waals surface area contributed by atoms with E-state index < -0.39 is 24.1 Å². The van der Waals surface area contributed by atoms with Gasteiger partial charge in [0.15, 0.2) is 6.10 Å². The molecule has 1 rings (SSSR count). The number of esters is 2. The molecule has 4 N–H and O–H groups in total. The Morgan fingerprint density at radius 1 is 1.16 bits per heavy atom. The Kier molecular flexibility index (Phi) is 4.85. The molecule has 0 radical (unpaired) electrons. The molecule has 7 heteroatoms. The molecule has 0 amide bonds. The van der Waals surface area contributed by atoms with Crippen molar-refractivity contribution < 1.29 is 29.3 Å². The van der Waals surface area contributed by atoms with Gasteiger partial charge in [0.2, 0.25) is 0 Å². The Morgan fingerprint density at radius 3 is 2.32 bits per heavy atom. The molecular weight excluding hydrogens is 254 g/mol. The number of hydrogen-bond donors (Lipinski definition) is 3. The molecule has 0 aliphatic heterocycles. The molecule has 19 heavy (non-hydrogen) atoms. The van der Waals surface area contributed by atoms with Crippen LogP contribution in [-0.4, -0.2) is 42.5 Å². The smallest absolute Gasteiger partial charge is 0.337 e. The number of carbonyl (C=O) groups excluding carboxylic acids is 2. The number of ether oxygens (including phenoxy) is 2. The zero-order valence-electron chi connectivity index (χ0n) is 10.5. The number of benzene rings is 1. The van der Waals surface area contributed by atoms with Gasteiger partial charge in [0.1, 0.15) is 6.10 Å². The van der Waals surface area contributed by atoms with Crippen molar-refractivity contribution in [3.8, 4) is 0 Å². The number of carbonyl (C=O) groups is 2. The maximum Gasteiger partial charge on any atom is 0.337 e. The van der Waals surface area contributed by atoms with E-state index >= 15 is 0 Å². The highest BCUT2D eigenvalue weighted by atomic mass is 16.5. The van der Waals surface area contributed by atoms with Gasteiger partial charge in [-0.25, -0.2) is 9.59 Å². The maximum absolute atomic E-state index is 11.4. The molecule has 0 spiro atoms. The molecule has 0 aromatic heterocycles. The van der Waals surface area contributed by atoms with Crippen LogP contribution in [0.5, 0.6) is 0 Å². The lowest BCUT2D eigenvalue weighted by atomic mass is 10.0. The first-order valence-electron chi connectivity index (χ1n) is 5.33. The molecule has 0 saturated carbocycles. The van der Waals surface area contributed by atoms with Gasteiger partial charge in [0.25, 0.3) is 0 Å². The lowest BCUT2D eigenvalue weighted by Gasteiger charge is -2.17. The highest BCUT2D eigenvalue weighted by Crippen LogP contribution is 2.22. The van der Waals surface area contributed by atoms with Crippen LogP contribution in [0, 0.1) is 0 Å². The van der Waals surface area contributed by atoms with E-state index in [1.54, 1.807) is 0 Å². The van der Waals surface area contributed by atoms with Crippen molar-refractivity contribution >= 4 is 17.6 Å². The van der Waals surface area contributed by atoms with E-state index in [1.807, 2.05) is 0 Å². The maximum atomic E-state index is 11.4. The molecular formula is C12H15NO6. The van der Waals surface area contributed by atoms with E-state index in [0.29, 0.717) is 0 Å². The van der Waals surface area contributed by atoms with Crippen LogP contribution >= 0.6 is 0 Å². The standard InChI is InChI=1S/C12H15NO6/c1-18-11(16)7-3-6(4-8(13)5-7)9(14)10(15)12(17)19-2/h3-5,9-10,14-15H,13H2,1-2H3. The largest absolute Gasteiger partial charge is 0.467 e. The van der Waals surface area contributed by atoms with E-state index in [9.17, 15) is 19.8 Å². The first kappa shape index (κ1) is 14.9. The second-order valence-electron chi connectivity index (χ2n) is 3.79. The van der Waals surface area contributed by atoms with Crippen LogP contribution in [0.1, 0.15) is 22.0 Å². The third-order valence-corrected chi connectivity index (χ3v) is 2.48. The van der Waals surface area contributed by atoms with Gasteiger partial charge in [-0.2, -0.15) is 0 Å². The zero-order valence-corrected chi connectivity index (χ0v) is 10.5. The number of aliphatic hydroxyl groups is 2. The van der Waals surface area contributed by atoms with Crippen molar-refractivity contribution in [3.05, 3.63) is 29.3 Å². The molecule has 0 bridgehead atoms. The summed E-state index contributed by atoms with van der Waals surface area (Å²) in [7, 11) is 2.28. The number of nitrogens with two attached hydrogens (primary N) is 1. The zero-order chi connectivity index (χ0) is 14.6. The highest BCUT2D eigenvalue weighted by molar-refractivity contribution is 5.90. The Hall–Kier alpha value is -2.12. The monoisotopic (exact) mass is 269 g/mol. The third kappa shape index (κ3) is 3.43. The first-order valence-corrected chi connectivity index (χ1v) is 5.33. The predicted molar refractivity (Wildman–Crippen MR) is 65.2 cm³/mol. The molecule has 1 aromatic rings. The first-order chi connectivity index (χ1) is 8.90. The molecule has 7 nitrogen and oxygen atoms in total. The fourth-order valence-corrected chi connectivity index (χ4v) is 1.51. The van der Waals surface area contributed by atoms with Gasteiger partial charge in [-0.05, 0) is 23.8 Å². The lowest BCUT2D eigenvalue weighted by Crippen LogP contribution is -2.29. The molecule has 1 aromatic carbocycles. The average molecular weight is 269 g/mol. The van der Waals surface area contributed by atoms with Crippen molar-refractivity contribution in [2.45, 2.75) is 12.2 Å². The van der Waals surface area contributed by atoms with Gasteiger partial charge in [0, 0.05) is 5.69 Å². The van der Waals surface area contributed by atoms with Crippen LogP contribution in [0.2, 0.25) is 0 Å². The third-order valence-electron chi connectivity index (χ3n) is 2.48. The number of anilines is 1. The van der Waals surface area contributed by atoms with Crippen molar-refractivity contribution in [1.29, 1.82) is 0 Å². The van der Waals surface area contributed by atoms with Crippen molar-refractivity contribution in [2.24, 2.45) is 0 Å². The Balaban J connectivity index is 3.09. The summed E-state index contributed by atoms with van der Waals surface area (Å²) in [5.74, 6) is -1.64. The number of hydrogen-bond acceptors (Lipinski definition) is 7.